The lowest BCUT2D eigenvalue weighted by molar-refractivity contribution is -0.137. The molecule has 0 bridgehead atoms. The van der Waals surface area contributed by atoms with E-state index in [1.165, 1.54) is 6.07 Å². The van der Waals surface area contributed by atoms with Crippen LogP contribution in [0.4, 0.5) is 14.9 Å². The molecule has 1 aliphatic rings. The van der Waals surface area contributed by atoms with E-state index in [4.69, 9.17) is 5.11 Å². The van der Waals surface area contributed by atoms with Crippen molar-refractivity contribution in [2.75, 3.05) is 37.6 Å². The Morgan fingerprint density at radius 3 is 2.70 bits per heavy atom. The maximum Gasteiger partial charge on any atom is 0.317 e. The topological polar surface area (TPSA) is 72.9 Å². The van der Waals surface area contributed by atoms with Gasteiger partial charge < -0.3 is 20.2 Å². The summed E-state index contributed by atoms with van der Waals surface area (Å²) in [5, 5.41) is 11.3. The van der Waals surface area contributed by atoms with E-state index < -0.39 is 5.97 Å². The Balaban J connectivity index is 1.82. The number of para-hydroxylation sites is 1. The number of carboxylic acid groups (broad SMARTS) is 1. The SMILES string of the molecule is O=C(O)CCCNC(=O)N1CCCN(c2ccccc2F)CC1. The number of rotatable bonds is 5. The van der Waals surface area contributed by atoms with Gasteiger partial charge in [0, 0.05) is 39.1 Å². The summed E-state index contributed by atoms with van der Waals surface area (Å²) in [6.45, 7) is 2.74. The Kier molecular flexibility index (Phi) is 6.19. The first-order valence-corrected chi connectivity index (χ1v) is 7.82. The molecule has 1 heterocycles. The Labute approximate surface area is 134 Å². The molecule has 1 aromatic rings. The zero-order valence-corrected chi connectivity index (χ0v) is 13.0. The molecule has 0 aromatic heterocycles. The molecule has 0 unspecified atom stereocenters. The highest BCUT2D eigenvalue weighted by atomic mass is 19.1. The number of carbonyl (C=O) groups excluding carboxylic acids is 1. The molecule has 23 heavy (non-hydrogen) atoms. The van der Waals surface area contributed by atoms with Crippen molar-refractivity contribution in [1.29, 1.82) is 0 Å². The number of carboxylic acids is 1. The van der Waals surface area contributed by atoms with Crippen LogP contribution in [0.15, 0.2) is 24.3 Å². The second kappa shape index (κ2) is 8.36. The highest BCUT2D eigenvalue weighted by Crippen LogP contribution is 2.20. The van der Waals surface area contributed by atoms with Gasteiger partial charge >= 0.3 is 12.0 Å². The van der Waals surface area contributed by atoms with Crippen molar-refractivity contribution in [3.05, 3.63) is 30.1 Å². The molecule has 126 valence electrons. The number of hydrogen-bond donors (Lipinski definition) is 2. The lowest BCUT2D eigenvalue weighted by atomic mass is 10.2. The molecule has 7 heteroatoms. The summed E-state index contributed by atoms with van der Waals surface area (Å²) in [6.07, 6.45) is 1.22. The molecule has 0 spiro atoms. The largest absolute Gasteiger partial charge is 0.481 e. The maximum atomic E-state index is 13.9. The van der Waals surface area contributed by atoms with Gasteiger partial charge in [-0.3, -0.25) is 4.79 Å². The maximum absolute atomic E-state index is 13.9. The molecular formula is C16H22FN3O3. The van der Waals surface area contributed by atoms with Crippen LogP contribution >= 0.6 is 0 Å². The zero-order valence-electron chi connectivity index (χ0n) is 13.0. The third-order valence-corrected chi connectivity index (χ3v) is 3.82. The minimum Gasteiger partial charge on any atom is -0.481 e. The quantitative estimate of drug-likeness (QED) is 0.812. The van der Waals surface area contributed by atoms with Crippen molar-refractivity contribution in [3.63, 3.8) is 0 Å². The lowest BCUT2D eigenvalue weighted by Gasteiger charge is -2.24. The van der Waals surface area contributed by atoms with Gasteiger partial charge in [-0.2, -0.15) is 0 Å². The third-order valence-electron chi connectivity index (χ3n) is 3.82. The van der Waals surface area contributed by atoms with Crippen molar-refractivity contribution < 1.29 is 19.1 Å². The lowest BCUT2D eigenvalue weighted by Crippen LogP contribution is -2.42. The minimum absolute atomic E-state index is 0.0430. The van der Waals surface area contributed by atoms with E-state index >= 15 is 0 Å². The Bertz CT molecular complexity index is 553. The molecule has 2 amide bonds. The van der Waals surface area contributed by atoms with E-state index in [9.17, 15) is 14.0 Å². The Morgan fingerprint density at radius 1 is 1.17 bits per heavy atom. The zero-order chi connectivity index (χ0) is 16.7. The van der Waals surface area contributed by atoms with E-state index in [1.807, 2.05) is 4.90 Å². The summed E-state index contributed by atoms with van der Waals surface area (Å²) in [5.41, 5.74) is 0.566. The molecule has 0 aliphatic carbocycles. The number of nitrogens with one attached hydrogen (secondary N) is 1. The second-order valence-electron chi connectivity index (χ2n) is 5.51. The van der Waals surface area contributed by atoms with Gasteiger partial charge in [0.05, 0.1) is 5.69 Å². The van der Waals surface area contributed by atoms with E-state index in [0.29, 0.717) is 44.8 Å². The number of urea groups is 1. The number of hydrogen-bond acceptors (Lipinski definition) is 3. The molecule has 0 atom stereocenters. The first-order valence-electron chi connectivity index (χ1n) is 7.82. The Hall–Kier alpha value is -2.31. The van der Waals surface area contributed by atoms with E-state index in [2.05, 4.69) is 5.32 Å². The van der Waals surface area contributed by atoms with Crippen LogP contribution in [0, 0.1) is 5.82 Å². The average molecular weight is 323 g/mol. The van der Waals surface area contributed by atoms with Gasteiger partial charge in [0.1, 0.15) is 5.82 Å². The van der Waals surface area contributed by atoms with E-state index in [-0.39, 0.29) is 18.3 Å². The molecule has 1 aliphatic heterocycles. The average Bonchev–Trinajstić information content (AvgIpc) is 2.77. The summed E-state index contributed by atoms with van der Waals surface area (Å²) in [6, 6.07) is 6.46. The minimum atomic E-state index is -0.866. The van der Waals surface area contributed by atoms with Crippen LogP contribution in [0.2, 0.25) is 0 Å². The fourth-order valence-corrected chi connectivity index (χ4v) is 2.62. The molecule has 2 N–H and O–H groups in total. The van der Waals surface area contributed by atoms with Gasteiger partial charge in [-0.05, 0) is 25.0 Å². The fraction of sp³-hybridized carbons (Fsp3) is 0.500. The highest BCUT2D eigenvalue weighted by molar-refractivity contribution is 5.74. The smallest absolute Gasteiger partial charge is 0.317 e. The van der Waals surface area contributed by atoms with Crippen LogP contribution in [0.1, 0.15) is 19.3 Å². The van der Waals surface area contributed by atoms with Crippen LogP contribution < -0.4 is 10.2 Å². The molecular weight excluding hydrogens is 301 g/mol. The molecule has 0 saturated carbocycles. The first-order chi connectivity index (χ1) is 11.1. The van der Waals surface area contributed by atoms with Gasteiger partial charge in [-0.15, -0.1) is 0 Å². The fourth-order valence-electron chi connectivity index (χ4n) is 2.62. The number of benzene rings is 1. The van der Waals surface area contributed by atoms with Crippen LogP contribution in [-0.4, -0.2) is 54.7 Å². The van der Waals surface area contributed by atoms with Crippen molar-refractivity contribution >= 4 is 17.7 Å². The number of aliphatic carboxylic acids is 1. The molecule has 2 rings (SSSR count). The van der Waals surface area contributed by atoms with Gasteiger partial charge in [0.25, 0.3) is 0 Å². The van der Waals surface area contributed by atoms with Crippen molar-refractivity contribution in [3.8, 4) is 0 Å². The third kappa shape index (κ3) is 5.12. The number of anilines is 1. The summed E-state index contributed by atoms with van der Waals surface area (Å²) in [5.74, 6) is -1.12. The summed E-state index contributed by atoms with van der Waals surface area (Å²) in [7, 11) is 0. The van der Waals surface area contributed by atoms with Crippen molar-refractivity contribution in [1.82, 2.24) is 10.2 Å². The molecule has 1 fully saturated rings. The number of carbonyl (C=O) groups is 2. The Morgan fingerprint density at radius 2 is 1.96 bits per heavy atom. The number of amides is 2. The predicted molar refractivity (Wildman–Crippen MR) is 85.1 cm³/mol. The van der Waals surface area contributed by atoms with Crippen molar-refractivity contribution in [2.45, 2.75) is 19.3 Å². The van der Waals surface area contributed by atoms with Crippen molar-refractivity contribution in [2.24, 2.45) is 0 Å². The monoisotopic (exact) mass is 323 g/mol. The summed E-state index contributed by atoms with van der Waals surface area (Å²) in [4.78, 5) is 26.2. The van der Waals surface area contributed by atoms with Crippen LogP contribution in [0.5, 0.6) is 0 Å². The standard InChI is InChI=1S/C16H22FN3O3/c17-13-5-1-2-6-14(13)19-9-4-10-20(12-11-19)16(23)18-8-3-7-15(21)22/h1-2,5-6H,3-4,7-12H2,(H,18,23)(H,21,22). The number of nitrogens with zero attached hydrogens (tertiary/aromatic N) is 2. The molecule has 0 radical (unpaired) electrons. The van der Waals surface area contributed by atoms with Gasteiger partial charge in [-0.25, -0.2) is 9.18 Å². The molecule has 6 nitrogen and oxygen atoms in total. The second-order valence-corrected chi connectivity index (χ2v) is 5.51. The van der Waals surface area contributed by atoms with Crippen LogP contribution in [-0.2, 0) is 4.79 Å². The van der Waals surface area contributed by atoms with Gasteiger partial charge in [0.2, 0.25) is 0 Å². The van der Waals surface area contributed by atoms with E-state index in [1.54, 1.807) is 23.1 Å². The number of halogens is 1. The van der Waals surface area contributed by atoms with Crippen LogP contribution in [0.25, 0.3) is 0 Å². The normalized spacial score (nSPS) is 15.2. The molecule has 1 aromatic carbocycles. The van der Waals surface area contributed by atoms with E-state index in [0.717, 1.165) is 6.42 Å². The molecule has 1 saturated heterocycles. The predicted octanol–water partition coefficient (Wildman–Crippen LogP) is 1.91. The summed E-state index contributed by atoms with van der Waals surface area (Å²) < 4.78 is 13.9. The summed E-state index contributed by atoms with van der Waals surface area (Å²) >= 11 is 0. The van der Waals surface area contributed by atoms with Crippen LogP contribution in [0.3, 0.4) is 0 Å². The van der Waals surface area contributed by atoms with Gasteiger partial charge in [0.15, 0.2) is 0 Å². The van der Waals surface area contributed by atoms with Gasteiger partial charge in [-0.1, -0.05) is 12.1 Å². The highest BCUT2D eigenvalue weighted by Gasteiger charge is 2.20. The first kappa shape index (κ1) is 17.1.